The Balaban J connectivity index is 1.26. The zero-order valence-electron chi connectivity index (χ0n) is 16.3. The molecule has 0 aliphatic carbocycles. The van der Waals surface area contributed by atoms with Gasteiger partial charge in [0.1, 0.15) is 6.54 Å². The third-order valence-corrected chi connectivity index (χ3v) is 4.15. The van der Waals surface area contributed by atoms with E-state index in [9.17, 15) is 9.59 Å². The minimum Gasteiger partial charge on any atom is -0.271 e. The summed E-state index contributed by atoms with van der Waals surface area (Å²) in [5.41, 5.74) is 7.07. The summed E-state index contributed by atoms with van der Waals surface area (Å²) < 4.78 is 1.70. The van der Waals surface area contributed by atoms with Crippen LogP contribution in [-0.4, -0.2) is 41.8 Å². The average Bonchev–Trinajstić information content (AvgIpc) is 3.47. The van der Waals surface area contributed by atoms with Crippen molar-refractivity contribution in [1.82, 2.24) is 40.8 Å². The Morgan fingerprint density at radius 2 is 1.71 bits per heavy atom. The molecule has 4 rings (SSSR count). The van der Waals surface area contributed by atoms with Gasteiger partial charge in [0, 0.05) is 23.4 Å². The molecule has 0 aliphatic rings. The fourth-order valence-corrected chi connectivity index (χ4v) is 2.67. The number of amides is 2. The number of rotatable bonds is 6. The summed E-state index contributed by atoms with van der Waals surface area (Å²) in [4.78, 5) is 25.1. The first-order chi connectivity index (χ1) is 15.2. The van der Waals surface area contributed by atoms with Gasteiger partial charge >= 0.3 is 0 Å². The molecule has 0 saturated carbocycles. The molecule has 2 amide bonds. The minimum absolute atomic E-state index is 0.187. The highest BCUT2D eigenvalue weighted by Crippen LogP contribution is 2.11. The van der Waals surface area contributed by atoms with Crippen molar-refractivity contribution in [3.63, 3.8) is 0 Å². The van der Waals surface area contributed by atoms with Crippen LogP contribution >= 0.6 is 0 Å². The minimum atomic E-state index is -0.490. The zero-order valence-corrected chi connectivity index (χ0v) is 16.3. The number of carbonyl (C=O) groups excluding carboxylic acids is 2. The van der Waals surface area contributed by atoms with E-state index in [1.165, 1.54) is 6.08 Å². The Hall–Kier alpha value is -4.60. The van der Waals surface area contributed by atoms with Crippen molar-refractivity contribution in [3.8, 4) is 17.1 Å². The molecule has 10 heteroatoms. The van der Waals surface area contributed by atoms with Crippen molar-refractivity contribution in [2.24, 2.45) is 0 Å². The molecular weight excluding hydrogens is 396 g/mol. The molecule has 4 aromatic rings. The van der Waals surface area contributed by atoms with E-state index >= 15 is 0 Å². The maximum Gasteiger partial charge on any atom is 0.262 e. The topological polar surface area (TPSA) is 120 Å². The van der Waals surface area contributed by atoms with Gasteiger partial charge in [0.15, 0.2) is 0 Å². The van der Waals surface area contributed by atoms with Gasteiger partial charge in [-0.25, -0.2) is 4.68 Å². The van der Waals surface area contributed by atoms with Gasteiger partial charge in [0.2, 0.25) is 5.82 Å². The summed E-state index contributed by atoms with van der Waals surface area (Å²) in [5, 5.41) is 16.2. The third-order valence-electron chi connectivity index (χ3n) is 4.15. The Morgan fingerprint density at radius 3 is 2.48 bits per heavy atom. The van der Waals surface area contributed by atoms with Gasteiger partial charge in [-0.15, -0.1) is 10.2 Å². The highest BCUT2D eigenvalue weighted by atomic mass is 16.2. The first-order valence-corrected chi connectivity index (χ1v) is 9.37. The van der Waals surface area contributed by atoms with E-state index in [0.717, 1.165) is 21.6 Å². The lowest BCUT2D eigenvalue weighted by atomic mass is 10.2. The highest BCUT2D eigenvalue weighted by Gasteiger charge is 2.09. The normalized spacial score (nSPS) is 10.8. The molecule has 2 aromatic carbocycles. The molecule has 0 fully saturated rings. The first kappa shape index (κ1) is 19.7. The molecule has 0 aliphatic heterocycles. The molecule has 0 saturated heterocycles. The fraction of sp³-hybridized carbons (Fsp3) is 0.0476. The number of para-hydroxylation sites is 1. The van der Waals surface area contributed by atoms with Crippen LogP contribution in [0.5, 0.6) is 0 Å². The lowest BCUT2D eigenvalue weighted by molar-refractivity contribution is -0.127. The second kappa shape index (κ2) is 9.27. The van der Waals surface area contributed by atoms with Crippen LogP contribution < -0.4 is 10.9 Å². The number of carbonyl (C=O) groups is 2. The monoisotopic (exact) mass is 414 g/mol. The smallest absolute Gasteiger partial charge is 0.262 e. The Labute approximate surface area is 177 Å². The first-order valence-electron chi connectivity index (χ1n) is 9.37. The van der Waals surface area contributed by atoms with Crippen LogP contribution in [0.15, 0.2) is 79.1 Å². The number of benzene rings is 2. The van der Waals surface area contributed by atoms with E-state index in [1.807, 2.05) is 60.7 Å². The van der Waals surface area contributed by atoms with Crippen LogP contribution in [0.2, 0.25) is 0 Å². The van der Waals surface area contributed by atoms with Gasteiger partial charge < -0.3 is 0 Å². The van der Waals surface area contributed by atoms with Crippen LogP contribution in [0, 0.1) is 0 Å². The lowest BCUT2D eigenvalue weighted by Gasteiger charge is -2.04. The Kier molecular flexibility index (Phi) is 5.89. The zero-order chi connectivity index (χ0) is 21.5. The van der Waals surface area contributed by atoms with Crippen molar-refractivity contribution in [3.05, 3.63) is 84.7 Å². The van der Waals surface area contributed by atoms with Gasteiger partial charge in [-0.05, 0) is 23.4 Å². The fourth-order valence-electron chi connectivity index (χ4n) is 2.67. The average molecular weight is 414 g/mol. The summed E-state index contributed by atoms with van der Waals surface area (Å²) in [6, 6.07) is 18.9. The number of hydrazine groups is 1. The number of hydrogen-bond donors (Lipinski definition) is 2. The van der Waals surface area contributed by atoms with Gasteiger partial charge in [0.25, 0.3) is 11.8 Å². The predicted octanol–water partition coefficient (Wildman–Crippen LogP) is 1.39. The molecule has 0 unspecified atom stereocenters. The van der Waals surface area contributed by atoms with Gasteiger partial charge in [-0.3, -0.25) is 20.4 Å². The molecule has 31 heavy (non-hydrogen) atoms. The Morgan fingerprint density at radius 1 is 0.968 bits per heavy atom. The summed E-state index contributed by atoms with van der Waals surface area (Å²) >= 11 is 0. The molecule has 0 bridgehead atoms. The third kappa shape index (κ3) is 5.26. The van der Waals surface area contributed by atoms with E-state index in [-0.39, 0.29) is 6.54 Å². The van der Waals surface area contributed by atoms with Crippen molar-refractivity contribution in [2.75, 3.05) is 0 Å². The van der Waals surface area contributed by atoms with Crippen LogP contribution in [0.4, 0.5) is 0 Å². The van der Waals surface area contributed by atoms with Crippen molar-refractivity contribution in [2.45, 2.75) is 6.54 Å². The van der Waals surface area contributed by atoms with Gasteiger partial charge in [-0.1, -0.05) is 48.5 Å². The van der Waals surface area contributed by atoms with Crippen molar-refractivity contribution >= 4 is 17.9 Å². The molecule has 2 aromatic heterocycles. The molecule has 2 N–H and O–H groups in total. The van der Waals surface area contributed by atoms with Crippen LogP contribution in [0.3, 0.4) is 0 Å². The molecule has 10 nitrogen and oxygen atoms in total. The number of nitrogens with one attached hydrogen (secondary N) is 2. The van der Waals surface area contributed by atoms with Crippen LogP contribution in [0.25, 0.3) is 23.2 Å². The van der Waals surface area contributed by atoms with Crippen molar-refractivity contribution < 1.29 is 9.59 Å². The second-order valence-electron chi connectivity index (χ2n) is 6.43. The Bertz CT molecular complexity index is 1200. The SMILES string of the molecule is O=C(/C=C/c1cnn(-c2ccccc2)c1)NNC(=O)Cn1nnc(-c2ccccc2)n1. The van der Waals surface area contributed by atoms with E-state index in [1.54, 1.807) is 23.2 Å². The molecular formula is C21H18N8O2. The molecule has 2 heterocycles. The van der Waals surface area contributed by atoms with Gasteiger partial charge in [-0.2, -0.15) is 9.90 Å². The summed E-state index contributed by atoms with van der Waals surface area (Å²) in [6.07, 6.45) is 6.32. The van der Waals surface area contributed by atoms with Crippen LogP contribution in [0.1, 0.15) is 5.56 Å². The van der Waals surface area contributed by atoms with Gasteiger partial charge in [0.05, 0.1) is 11.9 Å². The van der Waals surface area contributed by atoms with Crippen molar-refractivity contribution in [1.29, 1.82) is 0 Å². The summed E-state index contributed by atoms with van der Waals surface area (Å²) in [7, 11) is 0. The number of hydrogen-bond acceptors (Lipinski definition) is 6. The summed E-state index contributed by atoms with van der Waals surface area (Å²) in [6.45, 7) is -0.187. The highest BCUT2D eigenvalue weighted by molar-refractivity contribution is 5.93. The molecule has 0 spiro atoms. The molecule has 154 valence electrons. The maximum absolute atomic E-state index is 12.0. The number of nitrogens with zero attached hydrogens (tertiary/aromatic N) is 6. The summed E-state index contributed by atoms with van der Waals surface area (Å²) in [5.74, 6) is -0.565. The van der Waals surface area contributed by atoms with E-state index in [2.05, 4.69) is 31.4 Å². The predicted molar refractivity (Wildman–Crippen MR) is 112 cm³/mol. The lowest BCUT2D eigenvalue weighted by Crippen LogP contribution is -2.42. The van der Waals surface area contributed by atoms with E-state index in [4.69, 9.17) is 0 Å². The quantitative estimate of drug-likeness (QED) is 0.363. The molecule has 0 atom stereocenters. The van der Waals surface area contributed by atoms with Crippen LogP contribution in [-0.2, 0) is 16.1 Å². The largest absolute Gasteiger partial charge is 0.271 e. The van der Waals surface area contributed by atoms with E-state index in [0.29, 0.717) is 5.82 Å². The molecule has 0 radical (unpaired) electrons. The maximum atomic E-state index is 12.0. The number of aromatic nitrogens is 6. The number of tetrazole rings is 1. The van der Waals surface area contributed by atoms with E-state index < -0.39 is 11.8 Å². The second-order valence-corrected chi connectivity index (χ2v) is 6.43. The standard InChI is InChI=1S/C21H18N8O2/c30-19(12-11-16-13-22-28(14-16)18-9-5-2-6-10-18)23-24-20(31)15-29-26-21(25-27-29)17-7-3-1-4-8-17/h1-14H,15H2,(H,23,30)(H,24,31)/b12-11+.